The van der Waals surface area contributed by atoms with E-state index in [1.165, 1.54) is 29.5 Å². The Morgan fingerprint density at radius 1 is 1.06 bits per heavy atom. The fourth-order valence-electron chi connectivity index (χ4n) is 2.90. The Bertz CT molecular complexity index is 593. The third kappa shape index (κ3) is 1.91. The molecule has 88 valence electrons. The van der Waals surface area contributed by atoms with Crippen molar-refractivity contribution in [3.63, 3.8) is 0 Å². The van der Waals surface area contributed by atoms with Gasteiger partial charge in [0.05, 0.1) is 11.6 Å². The van der Waals surface area contributed by atoms with E-state index in [0.717, 1.165) is 12.0 Å². The molecule has 0 fully saturated rings. The van der Waals surface area contributed by atoms with Gasteiger partial charge in [0, 0.05) is 5.92 Å². The highest BCUT2D eigenvalue weighted by atomic mass is 14.3. The number of nitriles is 1. The fraction of sp³-hybridized carbons (Fsp3) is 0.235. The van der Waals surface area contributed by atoms with Gasteiger partial charge in [-0.1, -0.05) is 36.4 Å². The van der Waals surface area contributed by atoms with E-state index < -0.39 is 0 Å². The largest absolute Gasteiger partial charge is 0.192 e. The van der Waals surface area contributed by atoms with Gasteiger partial charge in [0.25, 0.3) is 0 Å². The topological polar surface area (TPSA) is 23.8 Å². The molecule has 0 heterocycles. The smallest absolute Gasteiger partial charge is 0.0991 e. The van der Waals surface area contributed by atoms with Gasteiger partial charge < -0.3 is 0 Å². The molecule has 2 aromatic rings. The highest BCUT2D eigenvalue weighted by Crippen LogP contribution is 2.36. The number of hydrogen-bond donors (Lipinski definition) is 0. The van der Waals surface area contributed by atoms with Crippen LogP contribution in [0, 0.1) is 11.3 Å². The van der Waals surface area contributed by atoms with Gasteiger partial charge >= 0.3 is 0 Å². The van der Waals surface area contributed by atoms with E-state index in [4.69, 9.17) is 5.26 Å². The van der Waals surface area contributed by atoms with Crippen LogP contribution in [0.25, 0.3) is 0 Å². The summed E-state index contributed by atoms with van der Waals surface area (Å²) in [5.41, 5.74) is 4.91. The van der Waals surface area contributed by atoms with Crippen LogP contribution in [0.3, 0.4) is 0 Å². The predicted molar refractivity (Wildman–Crippen MR) is 72.4 cm³/mol. The lowest BCUT2D eigenvalue weighted by atomic mass is 9.78. The maximum absolute atomic E-state index is 9.05. The Morgan fingerprint density at radius 3 is 2.67 bits per heavy atom. The van der Waals surface area contributed by atoms with E-state index in [9.17, 15) is 0 Å². The minimum Gasteiger partial charge on any atom is -0.192 e. The van der Waals surface area contributed by atoms with Crippen molar-refractivity contribution in [2.75, 3.05) is 0 Å². The first-order chi connectivity index (χ1) is 8.88. The summed E-state index contributed by atoms with van der Waals surface area (Å²) in [5.74, 6) is 0.461. The lowest BCUT2D eigenvalue weighted by molar-refractivity contribution is 0.616. The number of rotatable bonds is 1. The molecule has 0 radical (unpaired) electrons. The van der Waals surface area contributed by atoms with Crippen LogP contribution in [0.15, 0.2) is 48.5 Å². The molecule has 0 saturated heterocycles. The summed E-state index contributed by atoms with van der Waals surface area (Å²) in [7, 11) is 0. The normalized spacial score (nSPS) is 17.8. The molecule has 2 aromatic carbocycles. The maximum atomic E-state index is 9.05. The van der Waals surface area contributed by atoms with Crippen LogP contribution >= 0.6 is 0 Å². The number of hydrogen-bond acceptors (Lipinski definition) is 1. The van der Waals surface area contributed by atoms with Gasteiger partial charge in [-0.15, -0.1) is 0 Å². The molecule has 1 aliphatic carbocycles. The summed E-state index contributed by atoms with van der Waals surface area (Å²) in [6.07, 6.45) is 3.56. The minimum atomic E-state index is 0.461. The molecule has 0 amide bonds. The van der Waals surface area contributed by atoms with Crippen LogP contribution in [0.4, 0.5) is 0 Å². The SMILES string of the molecule is N#Cc1ccc2c(c1)C(c1ccccc1)CCC2. The number of aryl methyl sites for hydroxylation is 1. The molecule has 0 bridgehead atoms. The van der Waals surface area contributed by atoms with Crippen molar-refractivity contribution < 1.29 is 0 Å². The van der Waals surface area contributed by atoms with Gasteiger partial charge in [-0.25, -0.2) is 0 Å². The molecule has 0 aliphatic heterocycles. The average molecular weight is 233 g/mol. The van der Waals surface area contributed by atoms with Crippen molar-refractivity contribution in [3.8, 4) is 6.07 Å². The van der Waals surface area contributed by atoms with Crippen molar-refractivity contribution in [2.45, 2.75) is 25.2 Å². The fourth-order valence-corrected chi connectivity index (χ4v) is 2.90. The Kier molecular flexibility index (Phi) is 2.86. The highest BCUT2D eigenvalue weighted by molar-refractivity contribution is 5.45. The molecule has 1 heteroatoms. The van der Waals surface area contributed by atoms with Gasteiger partial charge in [0.1, 0.15) is 0 Å². The third-order valence-corrected chi connectivity index (χ3v) is 3.79. The summed E-state index contributed by atoms with van der Waals surface area (Å²) >= 11 is 0. The molecule has 1 atom stereocenters. The van der Waals surface area contributed by atoms with Gasteiger partial charge in [-0.2, -0.15) is 5.26 Å². The highest BCUT2D eigenvalue weighted by Gasteiger charge is 2.21. The van der Waals surface area contributed by atoms with Crippen LogP contribution in [0.1, 0.15) is 41.0 Å². The summed E-state index contributed by atoms with van der Waals surface area (Å²) in [5, 5.41) is 9.05. The zero-order valence-corrected chi connectivity index (χ0v) is 10.3. The van der Waals surface area contributed by atoms with E-state index in [1.54, 1.807) is 0 Å². The standard InChI is InChI=1S/C17H15N/c18-12-13-9-10-15-7-4-8-16(17(15)11-13)14-5-2-1-3-6-14/h1-3,5-6,9-11,16H,4,7-8H2. The second kappa shape index (κ2) is 4.66. The molecule has 1 aliphatic rings. The molecular formula is C17H15N. The van der Waals surface area contributed by atoms with Crippen molar-refractivity contribution >= 4 is 0 Å². The zero-order chi connectivity index (χ0) is 12.4. The lowest BCUT2D eigenvalue weighted by Gasteiger charge is -2.26. The van der Waals surface area contributed by atoms with E-state index in [1.807, 2.05) is 6.07 Å². The second-order valence-electron chi connectivity index (χ2n) is 4.88. The van der Waals surface area contributed by atoms with Gasteiger partial charge in [-0.05, 0) is 48.1 Å². The zero-order valence-electron chi connectivity index (χ0n) is 10.3. The predicted octanol–water partition coefficient (Wildman–Crippen LogP) is 4.03. The number of benzene rings is 2. The van der Waals surface area contributed by atoms with Crippen molar-refractivity contribution in [1.82, 2.24) is 0 Å². The van der Waals surface area contributed by atoms with Crippen LogP contribution in [-0.4, -0.2) is 0 Å². The second-order valence-corrected chi connectivity index (χ2v) is 4.88. The molecule has 0 spiro atoms. The molecule has 0 aromatic heterocycles. The minimum absolute atomic E-state index is 0.461. The van der Waals surface area contributed by atoms with E-state index in [-0.39, 0.29) is 0 Å². The Morgan fingerprint density at radius 2 is 1.89 bits per heavy atom. The molecule has 18 heavy (non-hydrogen) atoms. The summed E-state index contributed by atoms with van der Waals surface area (Å²) in [6.45, 7) is 0. The number of fused-ring (bicyclic) bond motifs is 1. The van der Waals surface area contributed by atoms with E-state index >= 15 is 0 Å². The molecule has 1 unspecified atom stereocenters. The molecular weight excluding hydrogens is 218 g/mol. The Hall–Kier alpha value is -2.07. The maximum Gasteiger partial charge on any atom is 0.0991 e. The molecule has 3 rings (SSSR count). The van der Waals surface area contributed by atoms with Crippen LogP contribution < -0.4 is 0 Å². The first-order valence-corrected chi connectivity index (χ1v) is 6.46. The van der Waals surface area contributed by atoms with Gasteiger partial charge in [0.15, 0.2) is 0 Å². The molecule has 0 saturated carbocycles. The molecule has 1 nitrogen and oxygen atoms in total. The number of nitrogens with zero attached hydrogens (tertiary/aromatic N) is 1. The Balaban J connectivity index is 2.09. The monoisotopic (exact) mass is 233 g/mol. The van der Waals surface area contributed by atoms with Crippen molar-refractivity contribution in [2.24, 2.45) is 0 Å². The summed E-state index contributed by atoms with van der Waals surface area (Å²) in [4.78, 5) is 0. The van der Waals surface area contributed by atoms with Crippen LogP contribution in [0.2, 0.25) is 0 Å². The molecule has 0 N–H and O–H groups in total. The Labute approximate surface area is 108 Å². The van der Waals surface area contributed by atoms with Gasteiger partial charge in [-0.3, -0.25) is 0 Å². The average Bonchev–Trinajstić information content (AvgIpc) is 2.47. The quantitative estimate of drug-likeness (QED) is 0.729. The van der Waals surface area contributed by atoms with Crippen molar-refractivity contribution in [3.05, 3.63) is 70.8 Å². The lowest BCUT2D eigenvalue weighted by Crippen LogP contribution is -2.11. The van der Waals surface area contributed by atoms with Gasteiger partial charge in [0.2, 0.25) is 0 Å². The van der Waals surface area contributed by atoms with Crippen LogP contribution in [-0.2, 0) is 6.42 Å². The summed E-state index contributed by atoms with van der Waals surface area (Å²) in [6, 6.07) is 19.0. The summed E-state index contributed by atoms with van der Waals surface area (Å²) < 4.78 is 0. The van der Waals surface area contributed by atoms with E-state index in [0.29, 0.717) is 5.92 Å². The van der Waals surface area contributed by atoms with Crippen molar-refractivity contribution in [1.29, 1.82) is 5.26 Å². The first-order valence-electron chi connectivity index (χ1n) is 6.46. The van der Waals surface area contributed by atoms with E-state index in [2.05, 4.69) is 48.5 Å². The van der Waals surface area contributed by atoms with Crippen LogP contribution in [0.5, 0.6) is 0 Å². The third-order valence-electron chi connectivity index (χ3n) is 3.79. The first kappa shape index (κ1) is 11.0.